The van der Waals surface area contributed by atoms with Crippen molar-refractivity contribution in [2.75, 3.05) is 0 Å². The summed E-state index contributed by atoms with van der Waals surface area (Å²) in [4.78, 5) is 8.10. The third-order valence-corrected chi connectivity index (χ3v) is 1.74. The van der Waals surface area contributed by atoms with Crippen molar-refractivity contribution in [3.05, 3.63) is 30.4 Å². The lowest BCUT2D eigenvalue weighted by Crippen LogP contribution is -1.79. The number of hydrogen-bond acceptors (Lipinski definition) is 2. The van der Waals surface area contributed by atoms with Crippen LogP contribution in [0.2, 0.25) is 0 Å². The molecule has 56 valence electrons. The van der Waals surface area contributed by atoms with E-state index in [4.69, 9.17) is 0 Å². The van der Waals surface area contributed by atoms with E-state index >= 15 is 0 Å². The summed E-state index contributed by atoms with van der Waals surface area (Å²) in [6.45, 7) is 0. The molecule has 0 aliphatic heterocycles. The summed E-state index contributed by atoms with van der Waals surface area (Å²) in [6, 6.07) is 0. The summed E-state index contributed by atoms with van der Waals surface area (Å²) in [7, 11) is 0. The fourth-order valence-electron chi connectivity index (χ4n) is 0.920. The van der Waals surface area contributed by atoms with Crippen LogP contribution in [0.5, 0.6) is 0 Å². The van der Waals surface area contributed by atoms with Crippen molar-refractivity contribution in [3.8, 4) is 0 Å². The zero-order valence-electron chi connectivity index (χ0n) is 6.27. The van der Waals surface area contributed by atoms with E-state index in [2.05, 4.69) is 16.0 Å². The average molecular weight is 146 g/mol. The topological polar surface area (TPSA) is 25.8 Å². The lowest BCUT2D eigenvalue weighted by Gasteiger charge is -1.87. The molecule has 0 amide bonds. The molecule has 1 aromatic rings. The molecule has 0 aromatic carbocycles. The monoisotopic (exact) mass is 146 g/mol. The number of aromatic nitrogens is 2. The van der Waals surface area contributed by atoms with Crippen LogP contribution in [-0.2, 0) is 0 Å². The fraction of sp³-hybridized carbons (Fsp3) is 0.333. The molecule has 0 saturated heterocycles. The minimum atomic E-state index is 0.817. The SMILES string of the molecule is C(=C\C1CC1)/c1cnccn1. The first-order valence-corrected chi connectivity index (χ1v) is 3.89. The van der Waals surface area contributed by atoms with Gasteiger partial charge in [0.15, 0.2) is 0 Å². The van der Waals surface area contributed by atoms with Crippen molar-refractivity contribution < 1.29 is 0 Å². The molecule has 0 atom stereocenters. The van der Waals surface area contributed by atoms with Gasteiger partial charge in [-0.15, -0.1) is 0 Å². The van der Waals surface area contributed by atoms with Gasteiger partial charge in [0, 0.05) is 12.4 Å². The Morgan fingerprint density at radius 3 is 2.91 bits per heavy atom. The van der Waals surface area contributed by atoms with Gasteiger partial charge in [-0.05, 0) is 24.8 Å². The van der Waals surface area contributed by atoms with E-state index < -0.39 is 0 Å². The number of hydrogen-bond donors (Lipinski definition) is 0. The van der Waals surface area contributed by atoms with E-state index in [1.54, 1.807) is 18.6 Å². The van der Waals surface area contributed by atoms with E-state index in [1.807, 2.05) is 6.08 Å². The number of allylic oxidation sites excluding steroid dienone is 1. The highest BCUT2D eigenvalue weighted by molar-refractivity contribution is 5.43. The quantitative estimate of drug-likeness (QED) is 0.636. The van der Waals surface area contributed by atoms with E-state index in [0.29, 0.717) is 0 Å². The summed E-state index contributed by atoms with van der Waals surface area (Å²) < 4.78 is 0. The van der Waals surface area contributed by atoms with Crippen molar-refractivity contribution in [1.29, 1.82) is 0 Å². The average Bonchev–Trinajstić information content (AvgIpc) is 2.86. The molecule has 0 bridgehead atoms. The first-order chi connectivity index (χ1) is 5.45. The second-order valence-corrected chi connectivity index (χ2v) is 2.83. The fourth-order valence-corrected chi connectivity index (χ4v) is 0.920. The highest BCUT2D eigenvalue weighted by atomic mass is 14.7. The Kier molecular flexibility index (Phi) is 1.68. The van der Waals surface area contributed by atoms with Gasteiger partial charge < -0.3 is 0 Å². The largest absolute Gasteiger partial charge is 0.261 e. The molecule has 0 spiro atoms. The summed E-state index contributed by atoms with van der Waals surface area (Å²) in [6.07, 6.45) is 12.1. The third kappa shape index (κ3) is 1.87. The lowest BCUT2D eigenvalue weighted by atomic mass is 10.3. The van der Waals surface area contributed by atoms with Crippen LogP contribution >= 0.6 is 0 Å². The van der Waals surface area contributed by atoms with Gasteiger partial charge in [-0.3, -0.25) is 9.97 Å². The Bertz CT molecular complexity index is 250. The van der Waals surface area contributed by atoms with Gasteiger partial charge in [0.05, 0.1) is 11.9 Å². The van der Waals surface area contributed by atoms with Crippen molar-refractivity contribution in [2.24, 2.45) is 5.92 Å². The Hall–Kier alpha value is -1.18. The van der Waals surface area contributed by atoms with E-state index in [9.17, 15) is 0 Å². The van der Waals surface area contributed by atoms with E-state index in [-0.39, 0.29) is 0 Å². The molecule has 2 nitrogen and oxygen atoms in total. The molecular formula is C9H10N2. The van der Waals surface area contributed by atoms with Crippen molar-refractivity contribution in [2.45, 2.75) is 12.8 Å². The molecule has 1 aromatic heterocycles. The maximum Gasteiger partial charge on any atom is 0.0809 e. The van der Waals surface area contributed by atoms with Crippen LogP contribution in [0.1, 0.15) is 18.5 Å². The smallest absolute Gasteiger partial charge is 0.0809 e. The Balaban J connectivity index is 2.05. The summed E-state index contributed by atoms with van der Waals surface area (Å²) in [5, 5.41) is 0. The van der Waals surface area contributed by atoms with Crippen molar-refractivity contribution in [1.82, 2.24) is 9.97 Å². The summed E-state index contributed by atoms with van der Waals surface area (Å²) in [5.74, 6) is 0.817. The molecule has 0 N–H and O–H groups in total. The highest BCUT2D eigenvalue weighted by Crippen LogP contribution is 2.30. The van der Waals surface area contributed by atoms with Gasteiger partial charge in [-0.25, -0.2) is 0 Å². The van der Waals surface area contributed by atoms with E-state index in [0.717, 1.165) is 11.6 Å². The second-order valence-electron chi connectivity index (χ2n) is 2.83. The van der Waals surface area contributed by atoms with Crippen LogP contribution in [0.25, 0.3) is 6.08 Å². The zero-order chi connectivity index (χ0) is 7.52. The molecular weight excluding hydrogens is 136 g/mol. The minimum Gasteiger partial charge on any atom is -0.261 e. The molecule has 2 rings (SSSR count). The van der Waals surface area contributed by atoms with Crippen LogP contribution in [0.15, 0.2) is 24.7 Å². The van der Waals surface area contributed by atoms with Gasteiger partial charge in [-0.1, -0.05) is 6.08 Å². The van der Waals surface area contributed by atoms with Crippen molar-refractivity contribution >= 4 is 6.08 Å². The molecule has 1 fully saturated rings. The van der Waals surface area contributed by atoms with Gasteiger partial charge >= 0.3 is 0 Å². The summed E-state index contributed by atoms with van der Waals surface area (Å²) >= 11 is 0. The Morgan fingerprint density at radius 2 is 2.27 bits per heavy atom. The van der Waals surface area contributed by atoms with Crippen LogP contribution in [-0.4, -0.2) is 9.97 Å². The maximum absolute atomic E-state index is 4.13. The predicted molar refractivity (Wildman–Crippen MR) is 43.8 cm³/mol. The zero-order valence-corrected chi connectivity index (χ0v) is 6.27. The summed E-state index contributed by atoms with van der Waals surface area (Å²) in [5.41, 5.74) is 0.958. The predicted octanol–water partition coefficient (Wildman–Crippen LogP) is 1.90. The third-order valence-electron chi connectivity index (χ3n) is 1.74. The molecule has 1 saturated carbocycles. The Labute approximate surface area is 66.0 Å². The first kappa shape index (κ1) is 6.53. The molecule has 1 aliphatic rings. The molecule has 0 radical (unpaired) electrons. The van der Waals surface area contributed by atoms with Crippen LogP contribution in [0.4, 0.5) is 0 Å². The normalized spacial score (nSPS) is 17.5. The van der Waals surface area contributed by atoms with Crippen molar-refractivity contribution in [3.63, 3.8) is 0 Å². The molecule has 1 aliphatic carbocycles. The highest BCUT2D eigenvalue weighted by Gasteiger charge is 2.16. The maximum atomic E-state index is 4.13. The first-order valence-electron chi connectivity index (χ1n) is 3.89. The molecule has 11 heavy (non-hydrogen) atoms. The number of nitrogens with zero attached hydrogens (tertiary/aromatic N) is 2. The minimum absolute atomic E-state index is 0.817. The van der Waals surface area contributed by atoms with Gasteiger partial charge in [0.1, 0.15) is 0 Å². The Morgan fingerprint density at radius 1 is 1.36 bits per heavy atom. The molecule has 0 unspecified atom stereocenters. The van der Waals surface area contributed by atoms with Crippen LogP contribution < -0.4 is 0 Å². The second kappa shape index (κ2) is 2.82. The molecule has 2 heteroatoms. The standard InChI is InChI=1S/C9H10N2/c1-2-8(1)3-4-9-7-10-5-6-11-9/h3-8H,1-2H2/b4-3+. The molecule has 1 heterocycles. The van der Waals surface area contributed by atoms with Gasteiger partial charge in [0.2, 0.25) is 0 Å². The van der Waals surface area contributed by atoms with Gasteiger partial charge in [-0.2, -0.15) is 0 Å². The lowest BCUT2D eigenvalue weighted by molar-refractivity contribution is 1.12. The van der Waals surface area contributed by atoms with E-state index in [1.165, 1.54) is 12.8 Å². The van der Waals surface area contributed by atoms with Crippen LogP contribution in [0, 0.1) is 5.92 Å². The van der Waals surface area contributed by atoms with Crippen LogP contribution in [0.3, 0.4) is 0 Å². The van der Waals surface area contributed by atoms with Gasteiger partial charge in [0.25, 0.3) is 0 Å². The number of rotatable bonds is 2.